The normalized spacial score (nSPS) is 19.2. The number of nitriles is 1. The van der Waals surface area contributed by atoms with Crippen LogP contribution in [0.25, 0.3) is 0 Å². The molecule has 0 aromatic carbocycles. The molecule has 0 radical (unpaired) electrons. The number of rotatable bonds is 2. The van der Waals surface area contributed by atoms with E-state index in [4.69, 9.17) is 10.4 Å². The Hall–Kier alpha value is -1.29. The molecule has 1 aliphatic rings. The van der Waals surface area contributed by atoms with E-state index in [2.05, 4.69) is 0 Å². The second kappa shape index (κ2) is 2.35. The summed E-state index contributed by atoms with van der Waals surface area (Å²) in [6, 6.07) is 1.58. The molecule has 1 fully saturated rings. The smallest absolute Gasteiger partial charge is 0.418 e. The van der Waals surface area contributed by atoms with Crippen LogP contribution >= 0.6 is 0 Å². The van der Waals surface area contributed by atoms with Gasteiger partial charge in [-0.2, -0.15) is 5.26 Å². The molecule has 0 aromatic rings. The second-order valence-corrected chi connectivity index (χ2v) is 4.51. The summed E-state index contributed by atoms with van der Waals surface area (Å²) in [5.74, 6) is 0. The predicted molar refractivity (Wildman–Crippen MR) is 37.7 cm³/mol. The van der Waals surface area contributed by atoms with Gasteiger partial charge in [0.25, 0.3) is 10.0 Å². The van der Waals surface area contributed by atoms with Crippen LogP contribution in [-0.2, 0) is 10.0 Å². The Kier molecular flexibility index (Phi) is 1.72. The number of carboxylic acid groups (broad SMARTS) is 1. The van der Waals surface area contributed by atoms with Crippen molar-refractivity contribution in [1.29, 1.82) is 5.26 Å². The lowest BCUT2D eigenvalue weighted by Crippen LogP contribution is -2.38. The Morgan fingerprint density at radius 3 is 2.33 bits per heavy atom. The molecule has 0 aromatic heterocycles. The largest absolute Gasteiger partial charge is 0.464 e. The molecule has 0 aliphatic heterocycles. The van der Waals surface area contributed by atoms with Gasteiger partial charge in [0, 0.05) is 0 Å². The number of nitrogens with one attached hydrogen (secondary N) is 1. The van der Waals surface area contributed by atoms with Crippen LogP contribution < -0.4 is 4.72 Å². The topological polar surface area (TPSA) is 107 Å². The summed E-state index contributed by atoms with van der Waals surface area (Å²) >= 11 is 0. The van der Waals surface area contributed by atoms with Gasteiger partial charge in [0.15, 0.2) is 4.75 Å². The predicted octanol–water partition coefficient (Wildman–Crippen LogP) is -0.360. The molecule has 1 rings (SSSR count). The highest BCUT2D eigenvalue weighted by Gasteiger charge is 2.56. The van der Waals surface area contributed by atoms with Crippen molar-refractivity contribution in [2.24, 2.45) is 0 Å². The average molecular weight is 190 g/mol. The zero-order valence-electron chi connectivity index (χ0n) is 5.94. The number of hydrogen-bond donors (Lipinski definition) is 2. The van der Waals surface area contributed by atoms with Crippen molar-refractivity contribution in [3.8, 4) is 6.07 Å². The SMILES string of the molecule is N#CC1(S(=O)(=O)NC(=O)O)CC1. The molecule has 2 N–H and O–H groups in total. The van der Waals surface area contributed by atoms with Gasteiger partial charge in [0.1, 0.15) is 0 Å². The molecule has 6 nitrogen and oxygen atoms in total. The van der Waals surface area contributed by atoms with Crippen LogP contribution in [0.1, 0.15) is 12.8 Å². The van der Waals surface area contributed by atoms with Crippen molar-refractivity contribution in [2.45, 2.75) is 17.6 Å². The lowest BCUT2D eigenvalue weighted by molar-refractivity contribution is 0.201. The van der Waals surface area contributed by atoms with E-state index >= 15 is 0 Å². The van der Waals surface area contributed by atoms with E-state index in [0.29, 0.717) is 0 Å². The molecule has 7 heteroatoms. The summed E-state index contributed by atoms with van der Waals surface area (Å²) in [4.78, 5) is 10.0. The zero-order chi connectivity index (χ0) is 9.41. The van der Waals surface area contributed by atoms with Gasteiger partial charge in [0.2, 0.25) is 0 Å². The minimum Gasteiger partial charge on any atom is -0.464 e. The highest BCUT2D eigenvalue weighted by molar-refractivity contribution is 7.92. The molecule has 1 aliphatic carbocycles. The molecule has 1 amide bonds. The molecular weight excluding hydrogens is 184 g/mol. The van der Waals surface area contributed by atoms with E-state index in [1.54, 1.807) is 6.07 Å². The fourth-order valence-electron chi connectivity index (χ4n) is 0.767. The molecule has 66 valence electrons. The number of amides is 1. The third-order valence-corrected chi connectivity index (χ3v) is 3.62. The van der Waals surface area contributed by atoms with Crippen molar-refractivity contribution >= 4 is 16.1 Å². The second-order valence-electron chi connectivity index (χ2n) is 2.52. The third kappa shape index (κ3) is 1.21. The maximum absolute atomic E-state index is 11.0. The van der Waals surface area contributed by atoms with Gasteiger partial charge in [-0.3, -0.25) is 0 Å². The lowest BCUT2D eigenvalue weighted by atomic mass is 10.5. The summed E-state index contributed by atoms with van der Waals surface area (Å²) in [6.07, 6.45) is -1.25. The van der Waals surface area contributed by atoms with Crippen LogP contribution in [0.15, 0.2) is 0 Å². The van der Waals surface area contributed by atoms with E-state index in [0.717, 1.165) is 0 Å². The van der Waals surface area contributed by atoms with Gasteiger partial charge in [-0.05, 0) is 12.8 Å². The Balaban J connectivity index is 2.89. The first-order chi connectivity index (χ1) is 5.43. The van der Waals surface area contributed by atoms with E-state index in [-0.39, 0.29) is 12.8 Å². The van der Waals surface area contributed by atoms with Gasteiger partial charge in [-0.1, -0.05) is 0 Å². The maximum Gasteiger partial charge on any atom is 0.418 e. The van der Waals surface area contributed by atoms with Gasteiger partial charge in [0.05, 0.1) is 6.07 Å². The van der Waals surface area contributed by atoms with Crippen LogP contribution in [0.2, 0.25) is 0 Å². The minimum atomic E-state index is -4.01. The molecule has 0 bridgehead atoms. The van der Waals surface area contributed by atoms with Crippen LogP contribution in [0.4, 0.5) is 4.79 Å². The van der Waals surface area contributed by atoms with Crippen molar-refractivity contribution in [3.63, 3.8) is 0 Å². The first-order valence-corrected chi connectivity index (χ1v) is 4.58. The van der Waals surface area contributed by atoms with Gasteiger partial charge >= 0.3 is 6.09 Å². The maximum atomic E-state index is 11.0. The zero-order valence-corrected chi connectivity index (χ0v) is 6.76. The van der Waals surface area contributed by atoms with Crippen molar-refractivity contribution in [2.75, 3.05) is 0 Å². The molecule has 0 heterocycles. The number of sulfonamides is 1. The first-order valence-electron chi connectivity index (χ1n) is 3.10. The fraction of sp³-hybridized carbons (Fsp3) is 0.600. The highest BCUT2D eigenvalue weighted by atomic mass is 32.2. The molecule has 1 saturated carbocycles. The van der Waals surface area contributed by atoms with E-state index < -0.39 is 20.9 Å². The van der Waals surface area contributed by atoms with Crippen LogP contribution in [-0.4, -0.2) is 24.4 Å². The summed E-state index contributed by atoms with van der Waals surface area (Å²) < 4.78 is 21.9. The number of nitrogens with zero attached hydrogens (tertiary/aromatic N) is 1. The van der Waals surface area contributed by atoms with Crippen molar-refractivity contribution in [1.82, 2.24) is 4.72 Å². The van der Waals surface area contributed by atoms with Gasteiger partial charge in [-0.25, -0.2) is 17.9 Å². The molecule has 0 spiro atoms. The standard InChI is InChI=1S/C5H6N2O4S/c6-3-5(1-2-5)12(10,11)7-4(8)9/h7H,1-2H2,(H,8,9). The van der Waals surface area contributed by atoms with Crippen LogP contribution in [0.5, 0.6) is 0 Å². The van der Waals surface area contributed by atoms with E-state index in [1.165, 1.54) is 4.72 Å². The van der Waals surface area contributed by atoms with Gasteiger partial charge < -0.3 is 5.11 Å². The molecule has 0 unspecified atom stereocenters. The summed E-state index contributed by atoms with van der Waals surface area (Å²) in [5.41, 5.74) is 0. The summed E-state index contributed by atoms with van der Waals surface area (Å²) in [6.45, 7) is 0. The number of carbonyl (C=O) groups is 1. The Morgan fingerprint density at radius 1 is 1.58 bits per heavy atom. The molecule has 0 saturated heterocycles. The monoisotopic (exact) mass is 190 g/mol. The molecule has 12 heavy (non-hydrogen) atoms. The highest BCUT2D eigenvalue weighted by Crippen LogP contribution is 2.41. The first kappa shape index (κ1) is 8.80. The minimum absolute atomic E-state index is 0.201. The quantitative estimate of drug-likeness (QED) is 0.618. The Bertz CT molecular complexity index is 348. The number of hydrogen-bond acceptors (Lipinski definition) is 4. The van der Waals surface area contributed by atoms with Crippen LogP contribution in [0, 0.1) is 11.3 Å². The van der Waals surface area contributed by atoms with Crippen molar-refractivity contribution in [3.05, 3.63) is 0 Å². The summed E-state index contributed by atoms with van der Waals surface area (Å²) in [5, 5.41) is 16.6. The van der Waals surface area contributed by atoms with Gasteiger partial charge in [-0.15, -0.1) is 0 Å². The lowest BCUT2D eigenvalue weighted by Gasteiger charge is -2.05. The van der Waals surface area contributed by atoms with E-state index in [1.807, 2.05) is 0 Å². The Labute approximate surface area is 68.9 Å². The van der Waals surface area contributed by atoms with E-state index in [9.17, 15) is 13.2 Å². The van der Waals surface area contributed by atoms with Crippen molar-refractivity contribution < 1.29 is 18.3 Å². The molecule has 0 atom stereocenters. The van der Waals surface area contributed by atoms with Crippen LogP contribution in [0.3, 0.4) is 0 Å². The third-order valence-electron chi connectivity index (χ3n) is 1.64. The summed E-state index contributed by atoms with van der Waals surface area (Å²) in [7, 11) is -4.01. The average Bonchev–Trinajstić information content (AvgIpc) is 2.62. The fourth-order valence-corrected chi connectivity index (χ4v) is 1.95. The Morgan fingerprint density at radius 2 is 2.08 bits per heavy atom. The molecular formula is C5H6N2O4S.